The summed E-state index contributed by atoms with van der Waals surface area (Å²) in [6.07, 6.45) is 0.284. The van der Waals surface area contributed by atoms with Crippen molar-refractivity contribution in [2.45, 2.75) is 57.9 Å². The molecule has 0 N–H and O–H groups in total. The SMILES string of the molecule is [B]C1CC(OC(=O)OCc2cc(OC)c(OC)cc2[N+](=O)[O-])C(CC(C)CC)O1. The molecule has 1 saturated heterocycles. The van der Waals surface area contributed by atoms with E-state index in [1.54, 1.807) is 0 Å². The summed E-state index contributed by atoms with van der Waals surface area (Å²) in [5.74, 6) is 0.881. The molecule has 1 fully saturated rings. The number of nitro benzene ring substituents is 1. The maximum absolute atomic E-state index is 12.2. The van der Waals surface area contributed by atoms with Crippen molar-refractivity contribution in [1.29, 1.82) is 0 Å². The molecule has 0 saturated carbocycles. The second-order valence-corrected chi connectivity index (χ2v) is 6.99. The minimum absolute atomic E-state index is 0.153. The van der Waals surface area contributed by atoms with Gasteiger partial charge < -0.3 is 23.7 Å². The Morgan fingerprint density at radius 1 is 1.34 bits per heavy atom. The molecule has 0 amide bonds. The van der Waals surface area contributed by atoms with Crippen LogP contribution < -0.4 is 9.47 Å². The van der Waals surface area contributed by atoms with Gasteiger partial charge in [-0.2, -0.15) is 0 Å². The second-order valence-electron chi connectivity index (χ2n) is 6.99. The molecule has 158 valence electrons. The largest absolute Gasteiger partial charge is 0.508 e. The lowest BCUT2D eigenvalue weighted by Gasteiger charge is -2.21. The van der Waals surface area contributed by atoms with Crippen LogP contribution in [-0.4, -0.2) is 51.4 Å². The fraction of sp³-hybridized carbons (Fsp3) is 0.632. The zero-order chi connectivity index (χ0) is 21.6. The molecule has 29 heavy (non-hydrogen) atoms. The summed E-state index contributed by atoms with van der Waals surface area (Å²) in [6, 6.07) is 2.10. The zero-order valence-electron chi connectivity index (χ0n) is 17.1. The molecule has 1 aromatic rings. The second kappa shape index (κ2) is 10.3. The monoisotopic (exact) mass is 407 g/mol. The van der Waals surface area contributed by atoms with E-state index in [-0.39, 0.29) is 35.5 Å². The summed E-state index contributed by atoms with van der Waals surface area (Å²) in [5.41, 5.74) is -0.101. The molecule has 0 aliphatic carbocycles. The minimum atomic E-state index is -0.939. The maximum Gasteiger partial charge on any atom is 0.508 e. The summed E-state index contributed by atoms with van der Waals surface area (Å²) in [7, 11) is 8.61. The van der Waals surface area contributed by atoms with Crippen molar-refractivity contribution < 1.29 is 33.4 Å². The molecule has 0 aromatic heterocycles. The molecular weight excluding hydrogens is 381 g/mol. The molecule has 0 spiro atoms. The standard InChI is InChI=1S/C19H26BNO8/c1-5-11(2)6-16-17(9-18(20)28-16)29-19(22)27-10-12-7-14(25-3)15(26-4)8-13(12)21(23)24/h7-8,11,16-18H,5-6,9-10H2,1-4H3. The van der Waals surface area contributed by atoms with Gasteiger partial charge in [0.1, 0.15) is 20.6 Å². The van der Waals surface area contributed by atoms with Crippen molar-refractivity contribution >= 4 is 19.7 Å². The number of carbonyl (C=O) groups excluding carboxylic acids is 1. The molecule has 4 atom stereocenters. The highest BCUT2D eigenvalue weighted by molar-refractivity contribution is 6.11. The quantitative estimate of drug-likeness (QED) is 0.266. The van der Waals surface area contributed by atoms with E-state index in [0.717, 1.165) is 6.42 Å². The molecular formula is C19H26BNO8. The molecule has 0 bridgehead atoms. The van der Waals surface area contributed by atoms with Gasteiger partial charge in [0.05, 0.1) is 36.9 Å². The predicted molar refractivity (Wildman–Crippen MR) is 104 cm³/mol. The Kier molecular flexibility index (Phi) is 8.13. The summed E-state index contributed by atoms with van der Waals surface area (Å²) in [5, 5.41) is 11.3. The lowest BCUT2D eigenvalue weighted by Crippen LogP contribution is -2.29. The van der Waals surface area contributed by atoms with E-state index in [1.165, 1.54) is 26.4 Å². The highest BCUT2D eigenvalue weighted by atomic mass is 16.7. The first-order valence-electron chi connectivity index (χ1n) is 9.42. The van der Waals surface area contributed by atoms with Crippen LogP contribution in [0.4, 0.5) is 10.5 Å². The molecule has 1 aliphatic rings. The minimum Gasteiger partial charge on any atom is -0.493 e. The Balaban J connectivity index is 2.03. The summed E-state index contributed by atoms with van der Waals surface area (Å²) in [6.45, 7) is 3.80. The van der Waals surface area contributed by atoms with E-state index in [9.17, 15) is 14.9 Å². The third-order valence-electron chi connectivity index (χ3n) is 4.94. The third kappa shape index (κ3) is 5.99. The van der Waals surface area contributed by atoms with Gasteiger partial charge >= 0.3 is 6.16 Å². The molecule has 2 rings (SSSR count). The van der Waals surface area contributed by atoms with Crippen molar-refractivity contribution in [3.05, 3.63) is 27.8 Å². The van der Waals surface area contributed by atoms with Crippen molar-refractivity contribution in [2.75, 3.05) is 14.2 Å². The Morgan fingerprint density at radius 2 is 2.00 bits per heavy atom. The zero-order valence-corrected chi connectivity index (χ0v) is 17.1. The topological polar surface area (TPSA) is 106 Å². The molecule has 4 unspecified atom stereocenters. The number of methoxy groups -OCH3 is 2. The van der Waals surface area contributed by atoms with Crippen molar-refractivity contribution in [1.82, 2.24) is 0 Å². The van der Waals surface area contributed by atoms with E-state index in [4.69, 9.17) is 31.5 Å². The van der Waals surface area contributed by atoms with E-state index in [2.05, 4.69) is 13.8 Å². The lowest BCUT2D eigenvalue weighted by atomic mass is 9.94. The van der Waals surface area contributed by atoms with Crippen molar-refractivity contribution in [3.8, 4) is 11.5 Å². The van der Waals surface area contributed by atoms with Gasteiger partial charge in [-0.1, -0.05) is 20.3 Å². The van der Waals surface area contributed by atoms with Gasteiger partial charge in [-0.25, -0.2) is 4.79 Å². The average Bonchev–Trinajstić information content (AvgIpc) is 3.03. The molecule has 1 heterocycles. The first-order valence-corrected chi connectivity index (χ1v) is 9.42. The third-order valence-corrected chi connectivity index (χ3v) is 4.94. The van der Waals surface area contributed by atoms with Crippen LogP contribution in [0.25, 0.3) is 0 Å². The van der Waals surface area contributed by atoms with Crippen LogP contribution in [0, 0.1) is 16.0 Å². The van der Waals surface area contributed by atoms with Gasteiger partial charge in [-0.05, 0) is 18.4 Å². The number of benzene rings is 1. The number of nitrogens with zero attached hydrogens (tertiary/aromatic N) is 1. The molecule has 10 heteroatoms. The van der Waals surface area contributed by atoms with Crippen LogP contribution in [0.1, 0.15) is 38.7 Å². The number of ether oxygens (including phenoxy) is 5. The Morgan fingerprint density at radius 3 is 2.59 bits per heavy atom. The van der Waals surface area contributed by atoms with Gasteiger partial charge in [-0.3, -0.25) is 10.1 Å². The van der Waals surface area contributed by atoms with Crippen LogP contribution in [0.15, 0.2) is 12.1 Å². The molecule has 1 aromatic carbocycles. The Hall–Kier alpha value is -2.49. The number of rotatable bonds is 9. The Bertz CT molecular complexity index is 728. The number of hydrogen-bond acceptors (Lipinski definition) is 8. The summed E-state index contributed by atoms with van der Waals surface area (Å²) < 4.78 is 26.3. The van der Waals surface area contributed by atoms with E-state index >= 15 is 0 Å². The fourth-order valence-corrected chi connectivity index (χ4v) is 3.13. The molecule has 9 nitrogen and oxygen atoms in total. The van der Waals surface area contributed by atoms with Crippen molar-refractivity contribution in [2.24, 2.45) is 5.92 Å². The maximum atomic E-state index is 12.2. The van der Waals surface area contributed by atoms with Gasteiger partial charge in [0.25, 0.3) is 5.69 Å². The van der Waals surface area contributed by atoms with Crippen LogP contribution in [0.3, 0.4) is 0 Å². The summed E-state index contributed by atoms with van der Waals surface area (Å²) in [4.78, 5) is 22.9. The molecule has 1 aliphatic heterocycles. The van der Waals surface area contributed by atoms with Gasteiger partial charge in [-0.15, -0.1) is 0 Å². The van der Waals surface area contributed by atoms with E-state index < -0.39 is 23.2 Å². The first kappa shape index (κ1) is 22.8. The average molecular weight is 407 g/mol. The van der Waals surface area contributed by atoms with Crippen LogP contribution in [0.5, 0.6) is 11.5 Å². The van der Waals surface area contributed by atoms with Crippen molar-refractivity contribution in [3.63, 3.8) is 0 Å². The van der Waals surface area contributed by atoms with E-state index in [0.29, 0.717) is 18.8 Å². The highest BCUT2D eigenvalue weighted by Crippen LogP contribution is 2.35. The van der Waals surface area contributed by atoms with Gasteiger partial charge in [0.15, 0.2) is 11.5 Å². The molecule has 2 radical (unpaired) electrons. The fourth-order valence-electron chi connectivity index (χ4n) is 3.13. The van der Waals surface area contributed by atoms with Gasteiger partial charge in [0, 0.05) is 12.4 Å². The number of nitro groups is 1. The summed E-state index contributed by atoms with van der Waals surface area (Å²) >= 11 is 0. The normalized spacial score (nSPS) is 22.0. The van der Waals surface area contributed by atoms with E-state index in [1.807, 2.05) is 0 Å². The van der Waals surface area contributed by atoms with Gasteiger partial charge in [0.2, 0.25) is 0 Å². The lowest BCUT2D eigenvalue weighted by molar-refractivity contribution is -0.385. The van der Waals surface area contributed by atoms with Crippen LogP contribution in [0.2, 0.25) is 0 Å². The Labute approximate surface area is 171 Å². The predicted octanol–water partition coefficient (Wildman–Crippen LogP) is 3.35. The smallest absolute Gasteiger partial charge is 0.493 e. The van der Waals surface area contributed by atoms with Crippen LogP contribution >= 0.6 is 0 Å². The van der Waals surface area contributed by atoms with Crippen LogP contribution in [-0.2, 0) is 20.8 Å². The number of hydrogen-bond donors (Lipinski definition) is 0. The first-order chi connectivity index (χ1) is 13.8. The highest BCUT2D eigenvalue weighted by Gasteiger charge is 2.36. The number of carbonyl (C=O) groups is 1.